The van der Waals surface area contributed by atoms with Gasteiger partial charge in [-0.1, -0.05) is 12.5 Å². The zero-order chi connectivity index (χ0) is 17.5. The Hall–Kier alpha value is -1.44. The second kappa shape index (κ2) is 6.46. The highest BCUT2D eigenvalue weighted by atomic mass is 32.2. The molecule has 2 aliphatic rings. The number of benzene rings is 1. The van der Waals surface area contributed by atoms with Crippen LogP contribution in [0.3, 0.4) is 0 Å². The lowest BCUT2D eigenvalue weighted by Gasteiger charge is -2.22. The molecular formula is C17H25N3O3S. The van der Waals surface area contributed by atoms with E-state index >= 15 is 0 Å². The van der Waals surface area contributed by atoms with Crippen molar-refractivity contribution in [1.82, 2.24) is 4.31 Å². The van der Waals surface area contributed by atoms with E-state index < -0.39 is 10.0 Å². The van der Waals surface area contributed by atoms with Gasteiger partial charge < -0.3 is 10.6 Å². The van der Waals surface area contributed by atoms with Crippen molar-refractivity contribution < 1.29 is 13.2 Å². The molecule has 1 heterocycles. The summed E-state index contributed by atoms with van der Waals surface area (Å²) in [5.74, 6) is 0.297. The van der Waals surface area contributed by atoms with Gasteiger partial charge in [-0.2, -0.15) is 0 Å². The Morgan fingerprint density at radius 1 is 1.33 bits per heavy atom. The zero-order valence-electron chi connectivity index (χ0n) is 14.2. The van der Waals surface area contributed by atoms with E-state index in [2.05, 4.69) is 0 Å². The number of carbonyl (C=O) groups excluding carboxylic acids is 1. The zero-order valence-corrected chi connectivity index (χ0v) is 15.1. The van der Waals surface area contributed by atoms with Crippen LogP contribution in [0.1, 0.15) is 31.2 Å². The van der Waals surface area contributed by atoms with Crippen LogP contribution in [0.15, 0.2) is 23.1 Å². The summed E-state index contributed by atoms with van der Waals surface area (Å²) in [7, 11) is -0.490. The van der Waals surface area contributed by atoms with E-state index in [4.69, 9.17) is 5.73 Å². The molecule has 0 radical (unpaired) electrons. The third-order valence-electron chi connectivity index (χ3n) is 5.19. The number of fused-ring (bicyclic) bond motifs is 1. The number of carbonyl (C=O) groups is 1. The Balaban J connectivity index is 1.84. The molecule has 1 aliphatic heterocycles. The minimum absolute atomic E-state index is 0.0514. The van der Waals surface area contributed by atoms with Crippen LogP contribution >= 0.6 is 0 Å². The maximum Gasteiger partial charge on any atom is 0.242 e. The Morgan fingerprint density at radius 2 is 2.08 bits per heavy atom. The van der Waals surface area contributed by atoms with Crippen molar-refractivity contribution in [3.8, 4) is 0 Å². The van der Waals surface area contributed by atoms with Crippen molar-refractivity contribution in [2.24, 2.45) is 11.7 Å². The smallest absolute Gasteiger partial charge is 0.242 e. The second-order valence-electron chi connectivity index (χ2n) is 6.93. The van der Waals surface area contributed by atoms with Crippen molar-refractivity contribution in [2.75, 3.05) is 25.5 Å². The van der Waals surface area contributed by atoms with E-state index in [9.17, 15) is 13.2 Å². The van der Waals surface area contributed by atoms with Crippen LogP contribution < -0.4 is 10.6 Å². The number of sulfonamides is 1. The topological polar surface area (TPSA) is 83.7 Å². The lowest BCUT2D eigenvalue weighted by Crippen LogP contribution is -2.34. The Morgan fingerprint density at radius 3 is 2.71 bits per heavy atom. The monoisotopic (exact) mass is 351 g/mol. The highest BCUT2D eigenvalue weighted by Gasteiger charge is 2.32. The number of hydrogen-bond acceptors (Lipinski definition) is 4. The summed E-state index contributed by atoms with van der Waals surface area (Å²) >= 11 is 0. The molecule has 0 unspecified atom stereocenters. The second-order valence-corrected chi connectivity index (χ2v) is 9.08. The molecule has 6 nitrogen and oxygen atoms in total. The molecule has 7 heteroatoms. The van der Waals surface area contributed by atoms with Crippen LogP contribution in [0, 0.1) is 5.92 Å². The molecule has 2 atom stereocenters. The van der Waals surface area contributed by atoms with E-state index in [1.807, 2.05) is 6.07 Å². The van der Waals surface area contributed by atoms with Gasteiger partial charge in [-0.15, -0.1) is 0 Å². The van der Waals surface area contributed by atoms with Crippen LogP contribution in [-0.4, -0.2) is 45.3 Å². The Bertz CT molecular complexity index is 745. The van der Waals surface area contributed by atoms with Gasteiger partial charge in [0, 0.05) is 38.8 Å². The summed E-state index contributed by atoms with van der Waals surface area (Å²) < 4.78 is 25.9. The summed E-state index contributed by atoms with van der Waals surface area (Å²) in [6, 6.07) is 5.18. The van der Waals surface area contributed by atoms with Gasteiger partial charge in [0.25, 0.3) is 0 Å². The first-order valence-corrected chi connectivity index (χ1v) is 9.86. The van der Waals surface area contributed by atoms with E-state index in [-0.39, 0.29) is 22.8 Å². The predicted molar refractivity (Wildman–Crippen MR) is 93.3 cm³/mol. The minimum Gasteiger partial charge on any atom is -0.327 e. The van der Waals surface area contributed by atoms with Crippen LogP contribution in [0.25, 0.3) is 0 Å². The molecule has 1 saturated carbocycles. The van der Waals surface area contributed by atoms with Gasteiger partial charge >= 0.3 is 0 Å². The van der Waals surface area contributed by atoms with Gasteiger partial charge in [-0.05, 0) is 42.9 Å². The molecule has 132 valence electrons. The molecule has 0 bridgehead atoms. The highest BCUT2D eigenvalue weighted by molar-refractivity contribution is 7.89. The maximum atomic E-state index is 12.7. The molecule has 1 aromatic carbocycles. The fourth-order valence-electron chi connectivity index (χ4n) is 3.64. The molecule has 1 aromatic rings. The van der Waals surface area contributed by atoms with Gasteiger partial charge in [0.05, 0.1) is 4.90 Å². The van der Waals surface area contributed by atoms with Gasteiger partial charge in [-0.3, -0.25) is 4.79 Å². The van der Waals surface area contributed by atoms with E-state index in [0.29, 0.717) is 13.0 Å². The molecule has 2 N–H and O–H groups in total. The molecule has 1 aliphatic carbocycles. The number of amides is 1. The normalized spacial score (nSPS) is 23.8. The van der Waals surface area contributed by atoms with Crippen molar-refractivity contribution in [3.05, 3.63) is 23.8 Å². The molecule has 0 spiro atoms. The average Bonchev–Trinajstić information content (AvgIpc) is 3.13. The predicted octanol–water partition coefficient (Wildman–Crippen LogP) is 1.34. The summed E-state index contributed by atoms with van der Waals surface area (Å²) in [6.45, 7) is 0.613. The summed E-state index contributed by atoms with van der Waals surface area (Å²) in [5, 5.41) is 0. The van der Waals surface area contributed by atoms with Crippen molar-refractivity contribution in [3.63, 3.8) is 0 Å². The number of anilines is 1. The van der Waals surface area contributed by atoms with Crippen molar-refractivity contribution in [2.45, 2.75) is 43.0 Å². The minimum atomic E-state index is -3.50. The van der Waals surface area contributed by atoms with Crippen molar-refractivity contribution in [1.29, 1.82) is 0 Å². The number of rotatable bonds is 4. The molecule has 0 saturated heterocycles. The number of nitrogens with two attached hydrogens (primary N) is 1. The molecule has 1 fully saturated rings. The standard InChI is InChI=1S/C17H25N3O3S/c1-19(2)24(22,23)14-7-6-12-8-9-20(16(12)11-14)17(21)10-13-4-3-5-15(13)18/h6-7,11,13,15H,3-5,8-10,18H2,1-2H3/t13-,15+/m0/s1. The molecule has 1 amide bonds. The third kappa shape index (κ3) is 3.08. The van der Waals surface area contributed by atoms with Gasteiger partial charge in [0.15, 0.2) is 0 Å². The third-order valence-corrected chi connectivity index (χ3v) is 7.00. The molecular weight excluding hydrogens is 326 g/mol. The van der Waals surface area contributed by atoms with Crippen LogP contribution in [0.5, 0.6) is 0 Å². The Kier molecular flexibility index (Phi) is 4.68. The first-order chi connectivity index (χ1) is 11.3. The quantitative estimate of drug-likeness (QED) is 0.887. The van der Waals surface area contributed by atoms with E-state index in [0.717, 1.165) is 36.9 Å². The van der Waals surface area contributed by atoms with E-state index in [1.54, 1.807) is 17.0 Å². The van der Waals surface area contributed by atoms with Gasteiger partial charge in [0.2, 0.25) is 15.9 Å². The lowest BCUT2D eigenvalue weighted by molar-refractivity contribution is -0.119. The van der Waals surface area contributed by atoms with Crippen LogP contribution in [-0.2, 0) is 21.2 Å². The average molecular weight is 351 g/mol. The largest absolute Gasteiger partial charge is 0.327 e. The lowest BCUT2D eigenvalue weighted by atomic mass is 9.99. The van der Waals surface area contributed by atoms with Crippen LogP contribution in [0.2, 0.25) is 0 Å². The number of nitrogens with zero attached hydrogens (tertiary/aromatic N) is 2. The van der Waals surface area contributed by atoms with Gasteiger partial charge in [0.1, 0.15) is 0 Å². The fourth-order valence-corrected chi connectivity index (χ4v) is 4.57. The van der Waals surface area contributed by atoms with Gasteiger partial charge in [-0.25, -0.2) is 12.7 Å². The summed E-state index contributed by atoms with van der Waals surface area (Å²) in [4.78, 5) is 14.7. The SMILES string of the molecule is CN(C)S(=O)(=O)c1ccc2c(c1)N(C(=O)C[C@@H]1CCC[C@H]1N)CC2. The Labute approximate surface area is 143 Å². The van der Waals surface area contributed by atoms with Crippen molar-refractivity contribution >= 4 is 21.6 Å². The first kappa shape index (κ1) is 17.4. The fraction of sp³-hybridized carbons (Fsp3) is 0.588. The van der Waals surface area contributed by atoms with Crippen LogP contribution in [0.4, 0.5) is 5.69 Å². The first-order valence-electron chi connectivity index (χ1n) is 8.42. The maximum absolute atomic E-state index is 12.7. The number of hydrogen-bond donors (Lipinski definition) is 1. The summed E-state index contributed by atoms with van der Waals surface area (Å²) in [5.41, 5.74) is 7.84. The van der Waals surface area contributed by atoms with E-state index in [1.165, 1.54) is 18.4 Å². The highest BCUT2D eigenvalue weighted by Crippen LogP contribution is 2.34. The molecule has 24 heavy (non-hydrogen) atoms. The molecule has 3 rings (SSSR count). The molecule has 0 aromatic heterocycles. The summed E-state index contributed by atoms with van der Waals surface area (Å²) in [6.07, 6.45) is 4.29.